The third-order valence-corrected chi connectivity index (χ3v) is 6.18. The van der Waals surface area contributed by atoms with Gasteiger partial charge in [0.05, 0.1) is 11.7 Å². The molecule has 0 bridgehead atoms. The highest BCUT2D eigenvalue weighted by atomic mass is 32.1. The molecule has 0 spiro atoms. The maximum absolute atomic E-state index is 5.96. The molecule has 1 atom stereocenters. The highest BCUT2D eigenvalue weighted by Crippen LogP contribution is 2.48. The van der Waals surface area contributed by atoms with Crippen LogP contribution in [0.25, 0.3) is 0 Å². The fourth-order valence-corrected chi connectivity index (χ4v) is 4.54. The van der Waals surface area contributed by atoms with Crippen molar-refractivity contribution in [2.24, 2.45) is 5.41 Å². The van der Waals surface area contributed by atoms with Crippen LogP contribution in [0.2, 0.25) is 0 Å². The molecule has 20 heavy (non-hydrogen) atoms. The molecule has 0 radical (unpaired) electrons. The monoisotopic (exact) mass is 294 g/mol. The molecule has 0 amide bonds. The van der Waals surface area contributed by atoms with Gasteiger partial charge in [0.15, 0.2) is 0 Å². The second-order valence-corrected chi connectivity index (χ2v) is 7.95. The summed E-state index contributed by atoms with van der Waals surface area (Å²) in [7, 11) is 1.85. The first-order valence-corrected chi connectivity index (χ1v) is 8.67. The van der Waals surface area contributed by atoms with E-state index in [1.807, 2.05) is 7.11 Å². The van der Waals surface area contributed by atoms with E-state index in [4.69, 9.17) is 9.72 Å². The number of nitrogens with one attached hydrogen (secondary N) is 1. The predicted molar refractivity (Wildman–Crippen MR) is 83.0 cm³/mol. The van der Waals surface area contributed by atoms with Gasteiger partial charge < -0.3 is 10.1 Å². The third kappa shape index (κ3) is 2.66. The van der Waals surface area contributed by atoms with E-state index in [2.05, 4.69) is 24.5 Å². The zero-order valence-corrected chi connectivity index (χ0v) is 13.7. The summed E-state index contributed by atoms with van der Waals surface area (Å²) in [6, 6.07) is 0.467. The van der Waals surface area contributed by atoms with Gasteiger partial charge in [-0.1, -0.05) is 13.8 Å². The van der Waals surface area contributed by atoms with Crippen LogP contribution in [0, 0.1) is 5.41 Å². The van der Waals surface area contributed by atoms with Crippen molar-refractivity contribution < 1.29 is 4.74 Å². The van der Waals surface area contributed by atoms with E-state index in [-0.39, 0.29) is 5.60 Å². The van der Waals surface area contributed by atoms with E-state index in [1.54, 1.807) is 11.3 Å². The van der Waals surface area contributed by atoms with Crippen molar-refractivity contribution in [3.05, 3.63) is 16.1 Å². The third-order valence-electron chi connectivity index (χ3n) is 5.13. The van der Waals surface area contributed by atoms with Crippen molar-refractivity contribution in [2.75, 3.05) is 13.7 Å². The molecule has 1 N–H and O–H groups in total. The molecule has 112 valence electrons. The van der Waals surface area contributed by atoms with E-state index in [0.717, 1.165) is 19.4 Å². The van der Waals surface area contributed by atoms with Crippen molar-refractivity contribution in [1.82, 2.24) is 10.3 Å². The van der Waals surface area contributed by atoms with Crippen molar-refractivity contribution in [3.63, 3.8) is 0 Å². The van der Waals surface area contributed by atoms with Gasteiger partial charge in [-0.2, -0.15) is 0 Å². The molecule has 1 aromatic rings. The number of methoxy groups -OCH3 is 1. The predicted octanol–water partition coefficient (Wildman–Crippen LogP) is 4.01. The number of hydrogen-bond acceptors (Lipinski definition) is 4. The van der Waals surface area contributed by atoms with Crippen LogP contribution in [0.3, 0.4) is 0 Å². The van der Waals surface area contributed by atoms with E-state index < -0.39 is 0 Å². The Morgan fingerprint density at radius 3 is 2.65 bits per heavy atom. The minimum absolute atomic E-state index is 0.128. The summed E-state index contributed by atoms with van der Waals surface area (Å²) in [5.74, 6) is 0. The lowest BCUT2D eigenvalue weighted by Crippen LogP contribution is -2.36. The van der Waals surface area contributed by atoms with Crippen molar-refractivity contribution in [3.8, 4) is 0 Å². The average molecular weight is 294 g/mol. The van der Waals surface area contributed by atoms with E-state index >= 15 is 0 Å². The molecule has 0 aromatic carbocycles. The molecular weight excluding hydrogens is 268 g/mol. The quantitative estimate of drug-likeness (QED) is 0.914. The summed E-state index contributed by atoms with van der Waals surface area (Å²) >= 11 is 1.79. The van der Waals surface area contributed by atoms with Crippen LogP contribution in [0.1, 0.15) is 69.1 Å². The number of hydrogen-bond donors (Lipinski definition) is 1. The number of thiazole rings is 1. The van der Waals surface area contributed by atoms with Gasteiger partial charge in [-0.25, -0.2) is 4.98 Å². The van der Waals surface area contributed by atoms with Gasteiger partial charge in [0.1, 0.15) is 10.6 Å². The van der Waals surface area contributed by atoms with Crippen molar-refractivity contribution >= 4 is 11.3 Å². The van der Waals surface area contributed by atoms with Crippen LogP contribution in [0.15, 0.2) is 5.38 Å². The Bertz CT molecular complexity index is 453. The molecule has 1 aromatic heterocycles. The van der Waals surface area contributed by atoms with Crippen LogP contribution in [0.4, 0.5) is 0 Å². The smallest absolute Gasteiger partial charge is 0.125 e. The first-order valence-electron chi connectivity index (χ1n) is 7.79. The highest BCUT2D eigenvalue weighted by Gasteiger charge is 2.42. The Balaban J connectivity index is 1.79. The number of nitrogens with zero attached hydrogens (tertiary/aromatic N) is 1. The molecule has 3 rings (SSSR count). The minimum atomic E-state index is -0.128. The van der Waals surface area contributed by atoms with Crippen molar-refractivity contribution in [2.45, 2.75) is 64.0 Å². The first-order chi connectivity index (χ1) is 9.55. The molecule has 3 nitrogen and oxygen atoms in total. The summed E-state index contributed by atoms with van der Waals surface area (Å²) in [4.78, 5) is 4.94. The first kappa shape index (κ1) is 14.5. The van der Waals surface area contributed by atoms with Crippen LogP contribution in [-0.4, -0.2) is 18.6 Å². The van der Waals surface area contributed by atoms with Gasteiger partial charge in [0.2, 0.25) is 0 Å². The largest absolute Gasteiger partial charge is 0.371 e. The Hall–Kier alpha value is -0.450. The Morgan fingerprint density at radius 2 is 2.05 bits per heavy atom. The minimum Gasteiger partial charge on any atom is -0.371 e. The normalized spacial score (nSPS) is 28.6. The lowest BCUT2D eigenvalue weighted by atomic mass is 9.71. The van der Waals surface area contributed by atoms with E-state index in [9.17, 15) is 0 Å². The Kier molecular flexibility index (Phi) is 3.91. The van der Waals surface area contributed by atoms with Crippen LogP contribution in [0.5, 0.6) is 0 Å². The highest BCUT2D eigenvalue weighted by molar-refractivity contribution is 7.09. The van der Waals surface area contributed by atoms with Gasteiger partial charge in [0, 0.05) is 12.5 Å². The summed E-state index contributed by atoms with van der Waals surface area (Å²) in [6.07, 6.45) is 7.12. The summed E-state index contributed by atoms with van der Waals surface area (Å²) < 4.78 is 5.96. The van der Waals surface area contributed by atoms with Crippen LogP contribution < -0.4 is 5.32 Å². The van der Waals surface area contributed by atoms with Gasteiger partial charge in [-0.05, 0) is 50.5 Å². The summed E-state index contributed by atoms with van der Waals surface area (Å²) in [6.45, 7) is 5.85. The number of aromatic nitrogens is 1. The fraction of sp³-hybridized carbons (Fsp3) is 0.812. The second kappa shape index (κ2) is 5.39. The molecule has 1 aliphatic heterocycles. The lowest BCUT2D eigenvalue weighted by molar-refractivity contribution is -0.0668. The maximum Gasteiger partial charge on any atom is 0.125 e. The molecular formula is C16H26N2OS. The van der Waals surface area contributed by atoms with Gasteiger partial charge in [-0.3, -0.25) is 0 Å². The zero-order valence-electron chi connectivity index (χ0n) is 12.9. The SMILES string of the molecule is COC1(c2nc(C3CCCN3)cs2)CCC(C)(C)CC1. The second-order valence-electron chi connectivity index (χ2n) is 7.09. The zero-order chi connectivity index (χ0) is 14.2. The lowest BCUT2D eigenvalue weighted by Gasteiger charge is -2.41. The topological polar surface area (TPSA) is 34.1 Å². The van der Waals surface area contributed by atoms with E-state index in [0.29, 0.717) is 11.5 Å². The van der Waals surface area contributed by atoms with Gasteiger partial charge >= 0.3 is 0 Å². The van der Waals surface area contributed by atoms with E-state index in [1.165, 1.54) is 36.4 Å². The van der Waals surface area contributed by atoms with Gasteiger partial charge in [-0.15, -0.1) is 11.3 Å². The summed E-state index contributed by atoms with van der Waals surface area (Å²) in [5, 5.41) is 6.96. The molecule has 1 aliphatic carbocycles. The molecule has 1 saturated heterocycles. The average Bonchev–Trinajstić information content (AvgIpc) is 3.10. The van der Waals surface area contributed by atoms with Crippen molar-refractivity contribution in [1.29, 1.82) is 0 Å². The molecule has 2 fully saturated rings. The molecule has 1 unspecified atom stereocenters. The number of rotatable bonds is 3. The molecule has 2 heterocycles. The Labute approximate surface area is 126 Å². The van der Waals surface area contributed by atoms with Crippen LogP contribution >= 0.6 is 11.3 Å². The maximum atomic E-state index is 5.96. The summed E-state index contributed by atoms with van der Waals surface area (Å²) in [5.41, 5.74) is 1.55. The Morgan fingerprint density at radius 1 is 1.30 bits per heavy atom. The van der Waals surface area contributed by atoms with Crippen LogP contribution in [-0.2, 0) is 10.3 Å². The fourth-order valence-electron chi connectivity index (χ4n) is 3.43. The number of ether oxygens (including phenoxy) is 1. The molecule has 2 aliphatic rings. The molecule has 1 saturated carbocycles. The standard InChI is InChI=1S/C16H26N2OS/c1-15(2)6-8-16(19-3,9-7-15)14-18-13(11-20-14)12-5-4-10-17-12/h11-12,17H,4-10H2,1-3H3. The van der Waals surface area contributed by atoms with Gasteiger partial charge in [0.25, 0.3) is 0 Å². The molecule has 4 heteroatoms.